The first-order valence-corrected chi connectivity index (χ1v) is 14.5. The number of carbonyl (C=O) groups excluding carboxylic acids is 1. The SMILES string of the molecule is CCOc1cc(C=C2SC(=NC3CCCCC3)N(C3CCCCC3)C2=O)cc(I)c1OCC(=O)O. The van der Waals surface area contributed by atoms with Crippen LogP contribution in [0.2, 0.25) is 0 Å². The Bertz CT molecular complexity index is 1000. The fourth-order valence-electron chi connectivity index (χ4n) is 4.96. The predicted molar refractivity (Wildman–Crippen MR) is 147 cm³/mol. The molecular formula is C26H33IN2O5S. The average Bonchev–Trinajstić information content (AvgIpc) is 3.14. The van der Waals surface area contributed by atoms with Gasteiger partial charge in [-0.2, -0.15) is 0 Å². The highest BCUT2D eigenvalue weighted by molar-refractivity contribution is 14.1. The van der Waals surface area contributed by atoms with Gasteiger partial charge in [0.2, 0.25) is 0 Å². The normalized spacial score (nSPS) is 22.2. The van der Waals surface area contributed by atoms with Crippen LogP contribution in [0.25, 0.3) is 6.08 Å². The molecule has 1 saturated heterocycles. The van der Waals surface area contributed by atoms with Gasteiger partial charge in [-0.3, -0.25) is 14.7 Å². The number of aliphatic carboxylic acids is 1. The minimum Gasteiger partial charge on any atom is -0.490 e. The maximum atomic E-state index is 13.6. The van der Waals surface area contributed by atoms with Gasteiger partial charge in [-0.05, 0) is 90.7 Å². The molecule has 7 nitrogen and oxygen atoms in total. The quantitative estimate of drug-likeness (QED) is 0.283. The van der Waals surface area contributed by atoms with E-state index >= 15 is 0 Å². The van der Waals surface area contributed by atoms with Crippen LogP contribution in [0.15, 0.2) is 22.0 Å². The van der Waals surface area contributed by atoms with Crippen LogP contribution in [-0.2, 0) is 9.59 Å². The number of thioether (sulfide) groups is 1. The van der Waals surface area contributed by atoms with E-state index in [1.807, 2.05) is 30.0 Å². The second-order valence-electron chi connectivity index (χ2n) is 9.23. The van der Waals surface area contributed by atoms with E-state index in [1.165, 1.54) is 37.4 Å². The molecule has 0 unspecified atom stereocenters. The smallest absolute Gasteiger partial charge is 0.341 e. The zero-order valence-corrected chi connectivity index (χ0v) is 23.1. The number of amidine groups is 1. The zero-order chi connectivity index (χ0) is 24.8. The van der Waals surface area contributed by atoms with Crippen LogP contribution in [0.4, 0.5) is 0 Å². The van der Waals surface area contributed by atoms with Crippen LogP contribution in [0, 0.1) is 3.57 Å². The van der Waals surface area contributed by atoms with Crippen LogP contribution in [0.5, 0.6) is 11.5 Å². The Morgan fingerprint density at radius 2 is 1.83 bits per heavy atom. The fourth-order valence-corrected chi connectivity index (χ4v) is 6.85. The van der Waals surface area contributed by atoms with Crippen LogP contribution < -0.4 is 9.47 Å². The van der Waals surface area contributed by atoms with Gasteiger partial charge in [0.15, 0.2) is 23.3 Å². The Balaban J connectivity index is 1.64. The van der Waals surface area contributed by atoms with Crippen molar-refractivity contribution in [1.29, 1.82) is 0 Å². The summed E-state index contributed by atoms with van der Waals surface area (Å²) in [4.78, 5) is 32.4. The number of hydrogen-bond acceptors (Lipinski definition) is 6. The molecule has 0 spiro atoms. The second-order valence-corrected chi connectivity index (χ2v) is 11.4. The van der Waals surface area contributed by atoms with Gasteiger partial charge in [0, 0.05) is 6.04 Å². The molecule has 3 aliphatic rings. The van der Waals surface area contributed by atoms with Gasteiger partial charge < -0.3 is 14.6 Å². The van der Waals surface area contributed by atoms with Gasteiger partial charge in [-0.25, -0.2) is 4.79 Å². The zero-order valence-electron chi connectivity index (χ0n) is 20.1. The molecule has 0 bridgehead atoms. The van der Waals surface area contributed by atoms with E-state index in [0.717, 1.165) is 52.8 Å². The standard InChI is InChI=1S/C26H33IN2O5S/c1-2-33-21-14-17(13-20(27)24(21)34-16-23(30)31)15-22-25(32)29(19-11-7-4-8-12-19)26(35-22)28-18-9-5-3-6-10-18/h13-15,18-19H,2-12,16H2,1H3,(H,30,31). The summed E-state index contributed by atoms with van der Waals surface area (Å²) in [6, 6.07) is 4.23. The van der Waals surface area contributed by atoms with E-state index in [-0.39, 0.29) is 11.9 Å². The number of carboxylic acid groups (broad SMARTS) is 1. The van der Waals surface area contributed by atoms with Crippen molar-refractivity contribution in [1.82, 2.24) is 4.90 Å². The van der Waals surface area contributed by atoms with Crippen molar-refractivity contribution in [3.05, 3.63) is 26.2 Å². The number of rotatable bonds is 8. The number of ether oxygens (including phenoxy) is 2. The molecule has 1 heterocycles. The minimum absolute atomic E-state index is 0.0376. The maximum Gasteiger partial charge on any atom is 0.341 e. The van der Waals surface area contributed by atoms with E-state index in [1.54, 1.807) is 0 Å². The van der Waals surface area contributed by atoms with E-state index < -0.39 is 12.6 Å². The molecule has 2 aliphatic carbocycles. The van der Waals surface area contributed by atoms with E-state index in [2.05, 4.69) is 22.6 Å². The Morgan fingerprint density at radius 1 is 1.14 bits per heavy atom. The molecule has 1 N–H and O–H groups in total. The van der Waals surface area contributed by atoms with Crippen molar-refractivity contribution in [3.63, 3.8) is 0 Å². The average molecular weight is 613 g/mol. The molecule has 2 saturated carbocycles. The highest BCUT2D eigenvalue weighted by Crippen LogP contribution is 2.40. The van der Waals surface area contributed by atoms with E-state index in [4.69, 9.17) is 19.6 Å². The van der Waals surface area contributed by atoms with Crippen molar-refractivity contribution >= 4 is 57.5 Å². The molecule has 0 atom stereocenters. The number of nitrogens with zero attached hydrogens (tertiary/aromatic N) is 2. The summed E-state index contributed by atoms with van der Waals surface area (Å²) in [5, 5.41) is 9.86. The summed E-state index contributed by atoms with van der Waals surface area (Å²) in [6.07, 6.45) is 13.4. The molecule has 4 rings (SSSR count). The van der Waals surface area contributed by atoms with Crippen molar-refractivity contribution in [2.45, 2.75) is 83.2 Å². The number of aliphatic imine (C=N–C) groups is 1. The molecule has 0 aromatic heterocycles. The molecule has 1 aromatic carbocycles. The lowest BCUT2D eigenvalue weighted by molar-refractivity contribution is -0.139. The van der Waals surface area contributed by atoms with Gasteiger partial charge in [0.05, 0.1) is 21.1 Å². The fraction of sp³-hybridized carbons (Fsp3) is 0.577. The third-order valence-corrected chi connectivity index (χ3v) is 8.41. The first kappa shape index (κ1) is 26.3. The monoisotopic (exact) mass is 612 g/mol. The lowest BCUT2D eigenvalue weighted by atomic mass is 9.94. The number of benzene rings is 1. The van der Waals surface area contributed by atoms with Crippen molar-refractivity contribution in [3.8, 4) is 11.5 Å². The Morgan fingerprint density at radius 3 is 2.49 bits per heavy atom. The number of amides is 1. The number of hydrogen-bond donors (Lipinski definition) is 1. The number of carbonyl (C=O) groups is 2. The number of carboxylic acids is 1. The summed E-state index contributed by atoms with van der Waals surface area (Å²) in [5.41, 5.74) is 0.818. The van der Waals surface area contributed by atoms with Crippen molar-refractivity contribution in [2.75, 3.05) is 13.2 Å². The van der Waals surface area contributed by atoms with Gasteiger partial charge in [0.25, 0.3) is 5.91 Å². The molecule has 35 heavy (non-hydrogen) atoms. The molecule has 1 aromatic rings. The third-order valence-electron chi connectivity index (χ3n) is 6.61. The maximum absolute atomic E-state index is 13.6. The summed E-state index contributed by atoms with van der Waals surface area (Å²) in [7, 11) is 0. The van der Waals surface area contributed by atoms with E-state index in [9.17, 15) is 9.59 Å². The Hall–Kier alpha value is -1.75. The van der Waals surface area contributed by atoms with Crippen LogP contribution >= 0.6 is 34.4 Å². The minimum atomic E-state index is -1.05. The summed E-state index contributed by atoms with van der Waals surface area (Å²) in [6.45, 7) is 1.84. The van der Waals surface area contributed by atoms with Gasteiger partial charge in [-0.1, -0.05) is 38.5 Å². The molecule has 1 aliphatic heterocycles. The molecule has 190 valence electrons. The van der Waals surface area contributed by atoms with Gasteiger partial charge in [-0.15, -0.1) is 0 Å². The lowest BCUT2D eigenvalue weighted by Gasteiger charge is -2.31. The second kappa shape index (κ2) is 12.5. The van der Waals surface area contributed by atoms with E-state index in [0.29, 0.717) is 29.1 Å². The van der Waals surface area contributed by atoms with Crippen LogP contribution in [0.3, 0.4) is 0 Å². The highest BCUT2D eigenvalue weighted by Gasteiger charge is 2.39. The summed E-state index contributed by atoms with van der Waals surface area (Å²) >= 11 is 3.60. The Labute approximate surface area is 224 Å². The predicted octanol–water partition coefficient (Wildman–Crippen LogP) is 6.09. The lowest BCUT2D eigenvalue weighted by Crippen LogP contribution is -2.41. The molecule has 3 fully saturated rings. The van der Waals surface area contributed by atoms with Crippen molar-refractivity contribution < 1.29 is 24.2 Å². The Kier molecular flexibility index (Phi) is 9.38. The highest BCUT2D eigenvalue weighted by atomic mass is 127. The molecule has 9 heteroatoms. The molecule has 1 amide bonds. The largest absolute Gasteiger partial charge is 0.490 e. The summed E-state index contributed by atoms with van der Waals surface area (Å²) in [5.74, 6) is -0.125. The van der Waals surface area contributed by atoms with Gasteiger partial charge >= 0.3 is 5.97 Å². The molecular weight excluding hydrogens is 579 g/mol. The van der Waals surface area contributed by atoms with Gasteiger partial charge in [0.1, 0.15) is 0 Å². The van der Waals surface area contributed by atoms with Crippen LogP contribution in [0.1, 0.15) is 76.7 Å². The first-order valence-electron chi connectivity index (χ1n) is 12.6. The van der Waals surface area contributed by atoms with Crippen molar-refractivity contribution in [2.24, 2.45) is 4.99 Å². The first-order chi connectivity index (χ1) is 17.0. The summed E-state index contributed by atoms with van der Waals surface area (Å²) < 4.78 is 11.9. The van der Waals surface area contributed by atoms with Crippen LogP contribution in [-0.4, -0.2) is 52.3 Å². The number of halogens is 1. The molecule has 0 radical (unpaired) electrons. The topological polar surface area (TPSA) is 88.4 Å². The third kappa shape index (κ3) is 6.72.